The summed E-state index contributed by atoms with van der Waals surface area (Å²) in [5, 5.41) is 6.79. The van der Waals surface area contributed by atoms with Gasteiger partial charge in [0.1, 0.15) is 0 Å². The van der Waals surface area contributed by atoms with Crippen LogP contribution in [0.25, 0.3) is 0 Å². The van der Waals surface area contributed by atoms with Crippen molar-refractivity contribution < 1.29 is 4.79 Å². The van der Waals surface area contributed by atoms with E-state index in [4.69, 9.17) is 11.6 Å². The number of rotatable bonds is 2. The number of carbonyl (C=O) groups is 1. The Balaban J connectivity index is 2.01. The Labute approximate surface area is 107 Å². The minimum Gasteiger partial charge on any atom is -0.325 e. The average molecular weight is 253 g/mol. The van der Waals surface area contributed by atoms with Crippen molar-refractivity contribution in [1.29, 1.82) is 0 Å². The summed E-state index contributed by atoms with van der Waals surface area (Å²) in [4.78, 5) is 12.1. The molecule has 1 aromatic rings. The van der Waals surface area contributed by atoms with Crippen LogP contribution in [0.3, 0.4) is 0 Å². The van der Waals surface area contributed by atoms with Crippen LogP contribution >= 0.6 is 11.6 Å². The van der Waals surface area contributed by atoms with E-state index < -0.39 is 0 Å². The topological polar surface area (TPSA) is 41.1 Å². The Hall–Kier alpha value is -1.06. The Morgan fingerprint density at radius 2 is 2.35 bits per heavy atom. The maximum atomic E-state index is 12.1. The molecule has 2 unspecified atom stereocenters. The van der Waals surface area contributed by atoms with Gasteiger partial charge in [0, 0.05) is 10.7 Å². The lowest BCUT2D eigenvalue weighted by molar-refractivity contribution is -0.119. The second-order valence-corrected chi connectivity index (χ2v) is 4.99. The first kappa shape index (κ1) is 12.4. The molecular formula is C13H17ClN2O. The van der Waals surface area contributed by atoms with Gasteiger partial charge in [-0.3, -0.25) is 4.79 Å². The van der Waals surface area contributed by atoms with E-state index in [2.05, 4.69) is 17.6 Å². The fraction of sp³-hybridized carbons (Fsp3) is 0.462. The predicted molar refractivity (Wildman–Crippen MR) is 70.3 cm³/mol. The molecule has 2 rings (SSSR count). The smallest absolute Gasteiger partial charge is 0.241 e. The van der Waals surface area contributed by atoms with Crippen molar-refractivity contribution in [2.24, 2.45) is 5.92 Å². The number of halogens is 1. The van der Waals surface area contributed by atoms with E-state index in [1.165, 1.54) is 0 Å². The molecule has 2 N–H and O–H groups in total. The van der Waals surface area contributed by atoms with Crippen molar-refractivity contribution in [3.05, 3.63) is 29.3 Å². The summed E-state index contributed by atoms with van der Waals surface area (Å²) >= 11 is 5.88. The first-order chi connectivity index (χ1) is 8.16. The molecule has 1 amide bonds. The van der Waals surface area contributed by atoms with Crippen LogP contribution in [0.15, 0.2) is 24.3 Å². The van der Waals surface area contributed by atoms with Gasteiger partial charge in [-0.25, -0.2) is 0 Å². The monoisotopic (exact) mass is 252 g/mol. The van der Waals surface area contributed by atoms with Gasteiger partial charge in [-0.1, -0.05) is 24.6 Å². The van der Waals surface area contributed by atoms with Crippen molar-refractivity contribution in [3.63, 3.8) is 0 Å². The van der Waals surface area contributed by atoms with E-state index in [1.807, 2.05) is 12.1 Å². The molecule has 0 saturated carbocycles. The molecule has 0 radical (unpaired) electrons. The zero-order valence-corrected chi connectivity index (χ0v) is 10.6. The second-order valence-electron chi connectivity index (χ2n) is 4.55. The van der Waals surface area contributed by atoms with Crippen molar-refractivity contribution >= 4 is 23.2 Å². The van der Waals surface area contributed by atoms with Crippen LogP contribution in [0, 0.1) is 5.92 Å². The number of carbonyl (C=O) groups excluding carboxylic acids is 1. The summed E-state index contributed by atoms with van der Waals surface area (Å²) in [6.45, 7) is 3.02. The number of amides is 1. The van der Waals surface area contributed by atoms with Gasteiger partial charge in [0.2, 0.25) is 5.91 Å². The molecule has 1 fully saturated rings. The highest BCUT2D eigenvalue weighted by Gasteiger charge is 2.27. The summed E-state index contributed by atoms with van der Waals surface area (Å²) in [6, 6.07) is 7.13. The molecule has 17 heavy (non-hydrogen) atoms. The third-order valence-electron chi connectivity index (χ3n) is 3.14. The maximum absolute atomic E-state index is 12.1. The minimum atomic E-state index is -0.0947. The van der Waals surface area contributed by atoms with E-state index >= 15 is 0 Å². The molecule has 1 aromatic carbocycles. The molecule has 1 saturated heterocycles. The minimum absolute atomic E-state index is 0.0273. The fourth-order valence-corrected chi connectivity index (χ4v) is 2.38. The highest BCUT2D eigenvalue weighted by Crippen LogP contribution is 2.19. The Kier molecular flexibility index (Phi) is 4.02. The van der Waals surface area contributed by atoms with Gasteiger partial charge in [-0.05, 0) is 43.5 Å². The first-order valence-electron chi connectivity index (χ1n) is 5.96. The normalized spacial score (nSPS) is 24.4. The summed E-state index contributed by atoms with van der Waals surface area (Å²) in [7, 11) is 0. The van der Waals surface area contributed by atoms with Gasteiger partial charge in [0.15, 0.2) is 0 Å². The van der Waals surface area contributed by atoms with Crippen LogP contribution in [0.4, 0.5) is 5.69 Å². The molecule has 0 aromatic heterocycles. The molecule has 0 bridgehead atoms. The number of nitrogens with one attached hydrogen (secondary N) is 2. The molecule has 2 atom stereocenters. The van der Waals surface area contributed by atoms with Crippen LogP contribution in [0.5, 0.6) is 0 Å². The lowest BCUT2D eigenvalue weighted by Gasteiger charge is -2.28. The van der Waals surface area contributed by atoms with Gasteiger partial charge in [0.05, 0.1) is 6.04 Å². The molecule has 3 nitrogen and oxygen atoms in total. The standard InChI is InChI=1S/C13H17ClN2O/c1-9-4-3-7-15-12(9)13(17)16-11-6-2-5-10(14)8-11/h2,5-6,8-9,12,15H,3-4,7H2,1H3,(H,16,17). The molecule has 4 heteroatoms. The van der Waals surface area contributed by atoms with Crippen LogP contribution < -0.4 is 10.6 Å². The van der Waals surface area contributed by atoms with Gasteiger partial charge < -0.3 is 10.6 Å². The van der Waals surface area contributed by atoms with E-state index in [1.54, 1.807) is 12.1 Å². The molecule has 92 valence electrons. The quantitative estimate of drug-likeness (QED) is 0.850. The molecule has 0 aliphatic carbocycles. The molecule has 0 spiro atoms. The van der Waals surface area contributed by atoms with E-state index in [0.29, 0.717) is 10.9 Å². The number of piperidine rings is 1. The Bertz CT molecular complexity index is 408. The predicted octanol–water partition coefficient (Wildman–Crippen LogP) is 2.67. The van der Waals surface area contributed by atoms with Crippen molar-refractivity contribution in [1.82, 2.24) is 5.32 Å². The van der Waals surface area contributed by atoms with Crippen LogP contribution in [-0.4, -0.2) is 18.5 Å². The third-order valence-corrected chi connectivity index (χ3v) is 3.38. The van der Waals surface area contributed by atoms with Crippen molar-refractivity contribution in [3.8, 4) is 0 Å². The van der Waals surface area contributed by atoms with Crippen molar-refractivity contribution in [2.75, 3.05) is 11.9 Å². The number of anilines is 1. The van der Waals surface area contributed by atoms with Crippen molar-refractivity contribution in [2.45, 2.75) is 25.8 Å². The number of hydrogen-bond acceptors (Lipinski definition) is 2. The lowest BCUT2D eigenvalue weighted by atomic mass is 9.92. The molecule has 1 aliphatic heterocycles. The van der Waals surface area contributed by atoms with E-state index in [0.717, 1.165) is 25.1 Å². The largest absolute Gasteiger partial charge is 0.325 e. The Morgan fingerprint density at radius 1 is 1.53 bits per heavy atom. The van der Waals surface area contributed by atoms with Gasteiger partial charge in [-0.2, -0.15) is 0 Å². The van der Waals surface area contributed by atoms with Crippen LogP contribution in [0.1, 0.15) is 19.8 Å². The first-order valence-corrected chi connectivity index (χ1v) is 6.34. The fourth-order valence-electron chi connectivity index (χ4n) is 2.19. The third kappa shape index (κ3) is 3.20. The molecule has 1 heterocycles. The van der Waals surface area contributed by atoms with Gasteiger partial charge >= 0.3 is 0 Å². The lowest BCUT2D eigenvalue weighted by Crippen LogP contribution is -2.48. The van der Waals surface area contributed by atoms with E-state index in [-0.39, 0.29) is 11.9 Å². The SMILES string of the molecule is CC1CCCNC1C(=O)Nc1cccc(Cl)c1. The zero-order valence-electron chi connectivity index (χ0n) is 9.87. The summed E-state index contributed by atoms with van der Waals surface area (Å²) in [5.74, 6) is 0.405. The highest BCUT2D eigenvalue weighted by atomic mass is 35.5. The van der Waals surface area contributed by atoms with Crippen LogP contribution in [-0.2, 0) is 4.79 Å². The Morgan fingerprint density at radius 3 is 3.06 bits per heavy atom. The summed E-state index contributed by atoms with van der Waals surface area (Å²) < 4.78 is 0. The highest BCUT2D eigenvalue weighted by molar-refractivity contribution is 6.30. The zero-order chi connectivity index (χ0) is 12.3. The maximum Gasteiger partial charge on any atom is 0.241 e. The molecular weight excluding hydrogens is 236 g/mol. The number of benzene rings is 1. The summed E-state index contributed by atoms with van der Waals surface area (Å²) in [5.41, 5.74) is 0.752. The molecule has 1 aliphatic rings. The van der Waals surface area contributed by atoms with Gasteiger partial charge in [0.25, 0.3) is 0 Å². The average Bonchev–Trinajstić information content (AvgIpc) is 2.29. The van der Waals surface area contributed by atoms with Gasteiger partial charge in [-0.15, -0.1) is 0 Å². The van der Waals surface area contributed by atoms with Crippen LogP contribution in [0.2, 0.25) is 5.02 Å². The summed E-state index contributed by atoms with van der Waals surface area (Å²) in [6.07, 6.45) is 2.24. The number of hydrogen-bond donors (Lipinski definition) is 2. The second kappa shape index (κ2) is 5.52. The van der Waals surface area contributed by atoms with E-state index in [9.17, 15) is 4.79 Å².